The van der Waals surface area contributed by atoms with Crippen LogP contribution in [0.5, 0.6) is 0 Å². The Morgan fingerprint density at radius 2 is 1.03 bits per heavy atom. The number of nitrogens with one attached hydrogen (secondary N) is 2. The highest BCUT2D eigenvalue weighted by atomic mass is 32.2. The lowest BCUT2D eigenvalue weighted by Crippen LogP contribution is -2.32. The zero-order valence-electron chi connectivity index (χ0n) is 35.8. The maximum absolute atomic E-state index is 12.7. The third-order valence-corrected chi connectivity index (χ3v) is 12.4. The molecule has 23 nitrogen and oxygen atoms in total. The van der Waals surface area contributed by atoms with E-state index < -0.39 is 35.2 Å². The van der Waals surface area contributed by atoms with E-state index in [1.807, 2.05) is 0 Å². The van der Waals surface area contributed by atoms with Gasteiger partial charge in [-0.25, -0.2) is 0 Å². The number of nitrogens with zero attached hydrogens (tertiary/aromatic N) is 8. The Bertz CT molecular complexity index is 3080. The molecule has 0 radical (unpaired) electrons. The predicted octanol–water partition coefficient (Wildman–Crippen LogP) is 2.22. The van der Waals surface area contributed by atoms with E-state index in [2.05, 4.69) is 40.5 Å². The molecular weight excluding hydrogens is 949 g/mol. The maximum Gasteiger partial charge on any atom is 0.295 e. The molecule has 0 aliphatic heterocycles. The van der Waals surface area contributed by atoms with Gasteiger partial charge in [-0.05, 0) is 64.7 Å². The zero-order valence-corrected chi connectivity index (χ0v) is 38.2. The minimum absolute atomic E-state index is 0.00220. The smallest absolute Gasteiger partial charge is 0.295 e. The van der Waals surface area contributed by atoms with Crippen LogP contribution in [-0.4, -0.2) is 142 Å². The van der Waals surface area contributed by atoms with Crippen molar-refractivity contribution in [2.45, 2.75) is 27.5 Å². The number of hydrogen-bond donors (Lipinski definition) is 9. The molecule has 9 N–H and O–H groups in total. The van der Waals surface area contributed by atoms with Crippen LogP contribution in [0.4, 0.5) is 35.2 Å². The summed E-state index contributed by atoms with van der Waals surface area (Å²) in [5, 5.41) is 44.6. The van der Waals surface area contributed by atoms with Crippen molar-refractivity contribution in [2.24, 2.45) is 0 Å². The molecule has 0 aliphatic rings. The van der Waals surface area contributed by atoms with Gasteiger partial charge in [0, 0.05) is 50.4 Å². The van der Waals surface area contributed by atoms with Crippen LogP contribution < -0.4 is 20.4 Å². The molecule has 0 saturated carbocycles. The summed E-state index contributed by atoms with van der Waals surface area (Å²) in [6.45, 7) is -1.07. The van der Waals surface area contributed by atoms with Crippen molar-refractivity contribution in [2.75, 3.05) is 73.0 Å². The first-order valence-corrected chi connectivity index (χ1v) is 24.7. The fourth-order valence-corrected chi connectivity index (χ4v) is 8.62. The summed E-state index contributed by atoms with van der Waals surface area (Å²) in [4.78, 5) is 28.4. The first-order valence-electron chi connectivity index (χ1n) is 20.4. The van der Waals surface area contributed by atoms with E-state index in [1.165, 1.54) is 64.4 Å². The van der Waals surface area contributed by atoms with Gasteiger partial charge in [-0.2, -0.15) is 55.2 Å². The van der Waals surface area contributed by atoms with Gasteiger partial charge in [0.15, 0.2) is 0 Å². The minimum atomic E-state index is -4.83. The average molecular weight is 995 g/mol. The molecule has 2 aromatic heterocycles. The topological polar surface area (TPSA) is 352 Å². The van der Waals surface area contributed by atoms with E-state index in [0.29, 0.717) is 16.8 Å². The molecule has 68 heavy (non-hydrogen) atoms. The third-order valence-electron chi connectivity index (χ3n) is 9.71. The Kier molecular flexibility index (Phi) is 16.8. The summed E-state index contributed by atoms with van der Waals surface area (Å²) >= 11 is 0. The van der Waals surface area contributed by atoms with Crippen LogP contribution in [0.3, 0.4) is 0 Å². The Labute approximate surface area is 390 Å². The molecule has 360 valence electrons. The molecule has 0 aliphatic carbocycles. The van der Waals surface area contributed by atoms with Gasteiger partial charge >= 0.3 is 0 Å². The number of rotatable bonds is 23. The lowest BCUT2D eigenvalue weighted by molar-refractivity contribution is 0.279. The van der Waals surface area contributed by atoms with Crippen LogP contribution in [0.25, 0.3) is 12.2 Å². The normalized spacial score (nSPS) is 12.0. The van der Waals surface area contributed by atoms with Gasteiger partial charge in [-0.15, -0.1) is 0 Å². The number of anilines is 6. The molecule has 4 aromatic carbocycles. The van der Waals surface area contributed by atoms with Crippen LogP contribution in [0.1, 0.15) is 33.9 Å². The number of benzene rings is 4. The van der Waals surface area contributed by atoms with Crippen molar-refractivity contribution in [1.29, 1.82) is 0 Å². The Balaban J connectivity index is 1.25. The lowest BCUT2D eigenvalue weighted by Gasteiger charge is -2.21. The summed E-state index contributed by atoms with van der Waals surface area (Å²) in [7, 11) is -13.9. The third kappa shape index (κ3) is 14.0. The second kappa shape index (κ2) is 22.5. The van der Waals surface area contributed by atoms with Gasteiger partial charge in [0.05, 0.1) is 36.2 Å². The first-order chi connectivity index (χ1) is 32.4. The van der Waals surface area contributed by atoms with Crippen LogP contribution in [0.15, 0.2) is 106 Å². The second-order valence-corrected chi connectivity index (χ2v) is 18.8. The van der Waals surface area contributed by atoms with E-state index in [1.54, 1.807) is 42.5 Å². The van der Waals surface area contributed by atoms with Gasteiger partial charge in [0.1, 0.15) is 16.5 Å². The van der Waals surface area contributed by atoms with Crippen LogP contribution in [0.2, 0.25) is 0 Å². The fourth-order valence-electron chi connectivity index (χ4n) is 6.64. The molecule has 2 heterocycles. The maximum atomic E-state index is 12.7. The largest absolute Gasteiger partial charge is 0.395 e. The summed E-state index contributed by atoms with van der Waals surface area (Å²) in [5.74, 6) is 0.244. The van der Waals surface area contributed by atoms with Crippen LogP contribution in [-0.2, 0) is 43.2 Å². The molecule has 6 rings (SSSR count). The van der Waals surface area contributed by atoms with Gasteiger partial charge in [0.2, 0.25) is 23.8 Å². The Morgan fingerprint density at radius 1 is 0.500 bits per heavy atom. The molecule has 0 spiro atoms. The average Bonchev–Trinajstić information content (AvgIpc) is 3.28. The van der Waals surface area contributed by atoms with Gasteiger partial charge in [-0.1, -0.05) is 60.7 Å². The summed E-state index contributed by atoms with van der Waals surface area (Å²) in [6.07, 6.45) is 2.87. The molecule has 0 saturated heterocycles. The van der Waals surface area contributed by atoms with Gasteiger partial charge < -0.3 is 40.9 Å². The number of hydrogen-bond acceptors (Lipinski definition) is 20. The molecular formula is C42H46N10O13S3. The molecule has 0 bridgehead atoms. The molecule has 0 unspecified atom stereocenters. The zero-order chi connectivity index (χ0) is 49.1. The van der Waals surface area contributed by atoms with E-state index in [4.69, 9.17) is 0 Å². The monoisotopic (exact) mass is 994 g/mol. The van der Waals surface area contributed by atoms with E-state index in [9.17, 15) is 59.3 Å². The summed E-state index contributed by atoms with van der Waals surface area (Å²) in [6, 6.07) is 22.0. The highest BCUT2D eigenvalue weighted by molar-refractivity contribution is 7.86. The molecule has 26 heteroatoms. The predicted molar refractivity (Wildman–Crippen MR) is 249 cm³/mol. The van der Waals surface area contributed by atoms with Crippen molar-refractivity contribution in [3.05, 3.63) is 125 Å². The Morgan fingerprint density at radius 3 is 1.57 bits per heavy atom. The van der Waals surface area contributed by atoms with Crippen LogP contribution in [0, 0.1) is 0 Å². The van der Waals surface area contributed by atoms with E-state index in [0.717, 1.165) is 6.07 Å². The molecule has 0 amide bonds. The standard InChI is InChI=1S/C42H46N10O13S3/c53-20-16-51(17-21-54)41-47-37(25-29-4-3-6-34(24-29)66(57,58)59)45-39(49-41)43-32-13-9-28(10-14-32)8-11-30-12-15-33(27-36(30)68(63,64)65)44-40-46-38(48-42(50-40)52(18-22-55)19-23-56)26-31-5-1-2-7-35(31)67(60,61)62/h1-15,24,27,53-56H,16-23,25-26H2,(H,57,58,59)(H,60,61,62)(H,63,64,65)(H,43,45,47,49)(H,44,46,48,50)/b11-8+. The van der Waals surface area contributed by atoms with Gasteiger partial charge in [0.25, 0.3) is 30.4 Å². The summed E-state index contributed by atoms with van der Waals surface area (Å²) < 4.78 is 103. The van der Waals surface area contributed by atoms with Crippen molar-refractivity contribution in [1.82, 2.24) is 29.9 Å². The summed E-state index contributed by atoms with van der Waals surface area (Å²) in [5.41, 5.74) is 1.92. The van der Waals surface area contributed by atoms with Gasteiger partial charge in [-0.3, -0.25) is 13.7 Å². The van der Waals surface area contributed by atoms with Crippen LogP contribution >= 0.6 is 0 Å². The highest BCUT2D eigenvalue weighted by Crippen LogP contribution is 2.27. The van der Waals surface area contributed by atoms with Crippen molar-refractivity contribution < 1.29 is 59.3 Å². The fraction of sp³-hybridized carbons (Fsp3) is 0.238. The highest BCUT2D eigenvalue weighted by Gasteiger charge is 2.21. The SMILES string of the molecule is O=S(=O)(O)c1cccc(Cc2nc(Nc3ccc(/C=C/c4ccc(Nc5nc(Cc6ccccc6S(=O)(=O)O)nc(N(CCO)CCO)n5)cc4S(=O)(=O)O)cc3)nc(N(CCO)CCO)n2)c1. The number of aromatic nitrogens is 6. The minimum Gasteiger partial charge on any atom is -0.395 e. The van der Waals surface area contributed by atoms with E-state index >= 15 is 0 Å². The second-order valence-electron chi connectivity index (χ2n) is 14.6. The molecule has 0 atom stereocenters. The lowest BCUT2D eigenvalue weighted by atomic mass is 10.1. The van der Waals surface area contributed by atoms with Crippen molar-refractivity contribution >= 4 is 77.7 Å². The number of aliphatic hydroxyl groups is 4. The Hall–Kier alpha value is -6.59. The quantitative estimate of drug-likeness (QED) is 0.0328. The number of aliphatic hydroxyl groups excluding tert-OH is 4. The van der Waals surface area contributed by atoms with Crippen molar-refractivity contribution in [3.63, 3.8) is 0 Å². The van der Waals surface area contributed by atoms with E-state index in [-0.39, 0.29) is 127 Å². The first kappa shape index (κ1) is 50.8. The molecule has 0 fully saturated rings. The molecule has 6 aromatic rings. The van der Waals surface area contributed by atoms with Crippen molar-refractivity contribution in [3.8, 4) is 0 Å².